The third-order valence-electron chi connectivity index (χ3n) is 4.81. The Hall–Kier alpha value is -3.23. The van der Waals surface area contributed by atoms with Crippen molar-refractivity contribution in [2.45, 2.75) is 19.3 Å². The van der Waals surface area contributed by atoms with Gasteiger partial charge in [-0.05, 0) is 29.8 Å². The van der Waals surface area contributed by atoms with Crippen molar-refractivity contribution in [2.24, 2.45) is 0 Å². The van der Waals surface area contributed by atoms with Gasteiger partial charge in [-0.25, -0.2) is 4.68 Å². The summed E-state index contributed by atoms with van der Waals surface area (Å²) >= 11 is 6.22. The lowest BCUT2D eigenvalue weighted by molar-refractivity contribution is -0.00127. The van der Waals surface area contributed by atoms with E-state index in [0.29, 0.717) is 35.3 Å². The third kappa shape index (κ3) is 3.26. The maximum Gasteiger partial charge on any atom is 0.280 e. The molecule has 4 aromatic rings. The Morgan fingerprint density at radius 2 is 2.07 bits per heavy atom. The van der Waals surface area contributed by atoms with Gasteiger partial charge in [0.2, 0.25) is 5.82 Å². The summed E-state index contributed by atoms with van der Waals surface area (Å²) in [7, 11) is 1.64. The molecule has 0 bridgehead atoms. The minimum absolute atomic E-state index is 0.145. The molecule has 1 aliphatic heterocycles. The number of ether oxygens (including phenoxy) is 2. The van der Waals surface area contributed by atoms with Gasteiger partial charge in [-0.15, -0.1) is 5.10 Å². The molecule has 0 saturated carbocycles. The Morgan fingerprint density at radius 1 is 1.17 bits per heavy atom. The molecule has 0 radical (unpaired) electrons. The van der Waals surface area contributed by atoms with Gasteiger partial charge >= 0.3 is 0 Å². The number of halogens is 1. The first kappa shape index (κ1) is 17.8. The molecular weight excluding hydrogens is 394 g/mol. The summed E-state index contributed by atoms with van der Waals surface area (Å²) in [5.41, 5.74) is 3.02. The molecule has 9 heteroatoms. The molecule has 0 saturated heterocycles. The number of hydrogen-bond donors (Lipinski definition) is 0. The second-order valence-electron chi connectivity index (χ2n) is 6.55. The van der Waals surface area contributed by atoms with Crippen molar-refractivity contribution >= 4 is 11.6 Å². The van der Waals surface area contributed by atoms with Crippen LogP contribution in [-0.2, 0) is 17.9 Å². The molecule has 0 unspecified atom stereocenters. The van der Waals surface area contributed by atoms with Crippen molar-refractivity contribution in [1.29, 1.82) is 0 Å². The first-order chi connectivity index (χ1) is 14.2. The van der Waals surface area contributed by atoms with Gasteiger partial charge in [-0.1, -0.05) is 46.2 Å². The number of aromatic nitrogens is 5. The maximum absolute atomic E-state index is 6.22. The molecular formula is C20H16ClN5O3. The number of hydrogen-bond acceptors (Lipinski definition) is 7. The van der Waals surface area contributed by atoms with E-state index in [1.807, 2.05) is 47.1 Å². The van der Waals surface area contributed by atoms with Crippen LogP contribution in [0.5, 0.6) is 5.75 Å². The third-order valence-corrected chi connectivity index (χ3v) is 5.14. The molecule has 0 amide bonds. The van der Waals surface area contributed by atoms with Crippen LogP contribution in [0.1, 0.15) is 17.4 Å². The van der Waals surface area contributed by atoms with Gasteiger partial charge in [-0.2, -0.15) is 4.98 Å². The van der Waals surface area contributed by atoms with Gasteiger partial charge in [0.1, 0.15) is 11.9 Å². The number of nitrogens with zero attached hydrogens (tertiary/aromatic N) is 5. The monoisotopic (exact) mass is 409 g/mol. The van der Waals surface area contributed by atoms with Crippen LogP contribution >= 0.6 is 11.6 Å². The highest BCUT2D eigenvalue weighted by Crippen LogP contribution is 2.32. The highest BCUT2D eigenvalue weighted by molar-refractivity contribution is 6.33. The van der Waals surface area contributed by atoms with E-state index in [2.05, 4.69) is 20.5 Å². The topological polar surface area (TPSA) is 88.1 Å². The quantitative estimate of drug-likeness (QED) is 0.504. The summed E-state index contributed by atoms with van der Waals surface area (Å²) in [6, 6.07) is 15.1. The van der Waals surface area contributed by atoms with E-state index in [9.17, 15) is 0 Å². The van der Waals surface area contributed by atoms with Gasteiger partial charge < -0.3 is 14.0 Å². The maximum atomic E-state index is 6.22. The van der Waals surface area contributed by atoms with Crippen LogP contribution < -0.4 is 4.74 Å². The van der Waals surface area contributed by atoms with Crippen LogP contribution in [0.15, 0.2) is 53.1 Å². The van der Waals surface area contributed by atoms with Crippen LogP contribution in [0.25, 0.3) is 23.0 Å². The van der Waals surface area contributed by atoms with Crippen molar-refractivity contribution in [3.8, 4) is 28.7 Å². The summed E-state index contributed by atoms with van der Waals surface area (Å²) in [5.74, 6) is 1.47. The first-order valence-corrected chi connectivity index (χ1v) is 9.37. The molecule has 1 atom stereocenters. The van der Waals surface area contributed by atoms with Crippen molar-refractivity contribution in [3.05, 3.63) is 64.8 Å². The Bertz CT molecular complexity index is 1170. The van der Waals surface area contributed by atoms with Gasteiger partial charge in [0.05, 0.1) is 31.0 Å². The van der Waals surface area contributed by atoms with Crippen molar-refractivity contribution in [2.75, 3.05) is 7.11 Å². The zero-order valence-corrected chi connectivity index (χ0v) is 16.2. The fourth-order valence-corrected chi connectivity index (χ4v) is 3.51. The number of fused-ring (bicyclic) bond motifs is 1. The Morgan fingerprint density at radius 3 is 2.93 bits per heavy atom. The van der Waals surface area contributed by atoms with Crippen molar-refractivity contribution in [1.82, 2.24) is 25.1 Å². The lowest BCUT2D eigenvalue weighted by Gasteiger charge is -2.24. The van der Waals surface area contributed by atoms with Gasteiger partial charge in [-0.3, -0.25) is 0 Å². The fourth-order valence-electron chi connectivity index (χ4n) is 3.29. The molecule has 0 aliphatic carbocycles. The van der Waals surface area contributed by atoms with Crippen LogP contribution in [-0.4, -0.2) is 32.2 Å². The van der Waals surface area contributed by atoms with Gasteiger partial charge in [0.25, 0.3) is 5.89 Å². The minimum atomic E-state index is -0.145. The van der Waals surface area contributed by atoms with Crippen LogP contribution in [0.3, 0.4) is 0 Å². The van der Waals surface area contributed by atoms with Crippen LogP contribution in [0.4, 0.5) is 0 Å². The van der Waals surface area contributed by atoms with Crippen molar-refractivity contribution < 1.29 is 14.0 Å². The summed E-state index contributed by atoms with van der Waals surface area (Å²) in [6.07, 6.45) is -0.145. The highest BCUT2D eigenvalue weighted by atomic mass is 35.5. The average Bonchev–Trinajstić information content (AvgIpc) is 3.40. The lowest BCUT2D eigenvalue weighted by Crippen LogP contribution is -2.22. The summed E-state index contributed by atoms with van der Waals surface area (Å²) in [5, 5.41) is 13.1. The lowest BCUT2D eigenvalue weighted by atomic mass is 10.1. The largest absolute Gasteiger partial charge is 0.497 e. The Kier molecular flexibility index (Phi) is 4.49. The summed E-state index contributed by atoms with van der Waals surface area (Å²) in [4.78, 5) is 4.44. The molecule has 2 aromatic carbocycles. The zero-order valence-electron chi connectivity index (χ0n) is 15.4. The van der Waals surface area contributed by atoms with E-state index < -0.39 is 0 Å². The molecule has 3 heterocycles. The van der Waals surface area contributed by atoms with Gasteiger partial charge in [0, 0.05) is 5.56 Å². The number of benzene rings is 2. The fraction of sp³-hybridized carbons (Fsp3) is 0.200. The molecule has 5 rings (SSSR count). The normalized spacial score (nSPS) is 15.9. The minimum Gasteiger partial charge on any atom is -0.497 e. The second kappa shape index (κ2) is 7.31. The van der Waals surface area contributed by atoms with Crippen LogP contribution in [0, 0.1) is 0 Å². The van der Waals surface area contributed by atoms with Crippen LogP contribution in [0.2, 0.25) is 5.02 Å². The smallest absolute Gasteiger partial charge is 0.280 e. The Labute approximate surface area is 171 Å². The van der Waals surface area contributed by atoms with E-state index in [-0.39, 0.29) is 12.0 Å². The van der Waals surface area contributed by atoms with E-state index in [1.54, 1.807) is 13.2 Å². The zero-order chi connectivity index (χ0) is 19.8. The predicted octanol–water partition coefficient (Wildman–Crippen LogP) is 3.93. The SMILES string of the molecule is COc1cccc([C@H]2Cn3nnc(-c4nc(-c5ccccc5Cl)no4)c3CO2)c1. The molecule has 1 aliphatic rings. The second-order valence-corrected chi connectivity index (χ2v) is 6.95. The standard InChI is InChI=1S/C20H16ClN5O3/c1-27-13-6-4-5-12(9-13)17-10-26-16(11-28-17)18(23-25-26)20-22-19(24-29-20)14-7-2-3-8-15(14)21/h2-9,17H,10-11H2,1H3/t17-/m1/s1. The number of rotatable bonds is 4. The first-order valence-electron chi connectivity index (χ1n) is 9.00. The van der Waals surface area contributed by atoms with Crippen molar-refractivity contribution in [3.63, 3.8) is 0 Å². The highest BCUT2D eigenvalue weighted by Gasteiger charge is 2.28. The van der Waals surface area contributed by atoms with E-state index in [4.69, 9.17) is 25.6 Å². The van der Waals surface area contributed by atoms with Gasteiger partial charge in [0.15, 0.2) is 5.69 Å². The molecule has 0 N–H and O–H groups in total. The van der Waals surface area contributed by atoms with E-state index in [0.717, 1.165) is 17.0 Å². The molecule has 8 nitrogen and oxygen atoms in total. The van der Waals surface area contributed by atoms with E-state index >= 15 is 0 Å². The summed E-state index contributed by atoms with van der Waals surface area (Å²) < 4.78 is 18.6. The molecule has 0 spiro atoms. The van der Waals surface area contributed by atoms with E-state index in [1.165, 1.54) is 0 Å². The predicted molar refractivity (Wildman–Crippen MR) is 104 cm³/mol. The molecule has 2 aromatic heterocycles. The summed E-state index contributed by atoms with van der Waals surface area (Å²) in [6.45, 7) is 0.856. The number of methoxy groups -OCH3 is 1. The Balaban J connectivity index is 1.42. The average molecular weight is 410 g/mol. The molecule has 29 heavy (non-hydrogen) atoms. The molecule has 0 fully saturated rings. The molecule has 146 valence electrons.